The van der Waals surface area contributed by atoms with Crippen LogP contribution < -0.4 is 0 Å². The van der Waals surface area contributed by atoms with Crippen molar-refractivity contribution >= 4 is 27.6 Å². The number of carbonyl (C=O) groups is 1. The van der Waals surface area contributed by atoms with Crippen LogP contribution >= 0.6 is 11.6 Å². The highest BCUT2D eigenvalue weighted by Gasteiger charge is 2.26. The molecule has 118 valence electrons. The molecular formula is C13H18ClNO5S. The maximum Gasteiger partial charge on any atom is 0.318 e. The van der Waals surface area contributed by atoms with Gasteiger partial charge < -0.3 is 9.84 Å². The van der Waals surface area contributed by atoms with E-state index in [-0.39, 0.29) is 23.1 Å². The molecule has 0 spiro atoms. The second-order valence-corrected chi connectivity index (χ2v) is 6.83. The van der Waals surface area contributed by atoms with E-state index < -0.39 is 22.5 Å². The monoisotopic (exact) mass is 335 g/mol. The summed E-state index contributed by atoms with van der Waals surface area (Å²) >= 11 is 5.92. The lowest BCUT2D eigenvalue weighted by Gasteiger charge is -2.20. The summed E-state index contributed by atoms with van der Waals surface area (Å²) in [5.74, 6) is -1.20. The van der Waals surface area contributed by atoms with Crippen LogP contribution in [0.15, 0.2) is 23.1 Å². The normalized spacial score (nSPS) is 11.8. The van der Waals surface area contributed by atoms with E-state index >= 15 is 0 Å². The Morgan fingerprint density at radius 3 is 2.57 bits per heavy atom. The van der Waals surface area contributed by atoms with Crippen molar-refractivity contribution in [3.8, 4) is 0 Å². The number of benzene rings is 1. The Bertz CT molecular complexity index is 603. The molecule has 0 aromatic heterocycles. The van der Waals surface area contributed by atoms with Gasteiger partial charge in [-0.1, -0.05) is 18.5 Å². The van der Waals surface area contributed by atoms with Gasteiger partial charge in [0.2, 0.25) is 10.0 Å². The van der Waals surface area contributed by atoms with Gasteiger partial charge in [0.05, 0.1) is 11.5 Å². The molecule has 0 aliphatic heterocycles. The minimum atomic E-state index is -3.91. The summed E-state index contributed by atoms with van der Waals surface area (Å²) in [4.78, 5) is 10.8. The molecule has 0 bridgehead atoms. The molecule has 1 aromatic rings. The zero-order chi connectivity index (χ0) is 16.0. The molecule has 0 atom stereocenters. The summed E-state index contributed by atoms with van der Waals surface area (Å²) in [5.41, 5.74) is 0.607. The van der Waals surface area contributed by atoms with Crippen molar-refractivity contribution < 1.29 is 23.1 Å². The topological polar surface area (TPSA) is 83.9 Å². The summed E-state index contributed by atoms with van der Waals surface area (Å²) in [6.07, 6.45) is 0.512. The minimum absolute atomic E-state index is 0.0308. The quantitative estimate of drug-likeness (QED) is 0.785. The van der Waals surface area contributed by atoms with Gasteiger partial charge in [0.25, 0.3) is 0 Å². The number of sulfonamides is 1. The van der Waals surface area contributed by atoms with Gasteiger partial charge in [0.1, 0.15) is 6.54 Å². The van der Waals surface area contributed by atoms with Crippen molar-refractivity contribution in [1.29, 1.82) is 0 Å². The van der Waals surface area contributed by atoms with Crippen molar-refractivity contribution in [3.05, 3.63) is 28.8 Å². The van der Waals surface area contributed by atoms with Crippen LogP contribution in [0, 0.1) is 0 Å². The SMILES string of the molecule is CCCN(CC(=O)O)S(=O)(=O)c1cc(Cl)cc(COC)c1. The van der Waals surface area contributed by atoms with Crippen LogP contribution in [0.1, 0.15) is 18.9 Å². The Hall–Kier alpha value is -1.15. The van der Waals surface area contributed by atoms with E-state index in [1.54, 1.807) is 13.0 Å². The van der Waals surface area contributed by atoms with E-state index in [1.807, 2.05) is 0 Å². The maximum atomic E-state index is 12.5. The van der Waals surface area contributed by atoms with E-state index in [1.165, 1.54) is 19.2 Å². The predicted octanol–water partition coefficient (Wildman–Crippen LogP) is 1.97. The van der Waals surface area contributed by atoms with Crippen LogP contribution in [0.2, 0.25) is 5.02 Å². The minimum Gasteiger partial charge on any atom is -0.480 e. The molecule has 1 aromatic carbocycles. The summed E-state index contributed by atoms with van der Waals surface area (Å²) in [7, 11) is -2.42. The number of ether oxygens (including phenoxy) is 1. The molecule has 0 heterocycles. The lowest BCUT2D eigenvalue weighted by molar-refractivity contribution is -0.137. The first-order valence-corrected chi connectivity index (χ1v) is 8.13. The summed E-state index contributed by atoms with van der Waals surface area (Å²) in [6, 6.07) is 4.35. The average Bonchev–Trinajstić information content (AvgIpc) is 2.37. The van der Waals surface area contributed by atoms with Gasteiger partial charge in [-0.25, -0.2) is 8.42 Å². The summed E-state index contributed by atoms with van der Waals surface area (Å²) in [5, 5.41) is 9.12. The largest absolute Gasteiger partial charge is 0.480 e. The first kappa shape index (κ1) is 17.9. The molecule has 21 heavy (non-hydrogen) atoms. The molecule has 0 aliphatic carbocycles. The summed E-state index contributed by atoms with van der Waals surface area (Å²) in [6.45, 7) is 1.54. The van der Waals surface area contributed by atoms with Crippen LogP contribution in [-0.4, -0.2) is 44.0 Å². The predicted molar refractivity (Wildman–Crippen MR) is 78.9 cm³/mol. The number of halogens is 1. The Labute approximate surface area is 129 Å². The van der Waals surface area contributed by atoms with Crippen LogP contribution in [0.4, 0.5) is 0 Å². The molecule has 6 nitrogen and oxygen atoms in total. The fraction of sp³-hybridized carbons (Fsp3) is 0.462. The van der Waals surface area contributed by atoms with Crippen LogP contribution in [-0.2, 0) is 26.2 Å². The van der Waals surface area contributed by atoms with Gasteiger partial charge in [0.15, 0.2) is 0 Å². The van der Waals surface area contributed by atoms with Gasteiger partial charge in [0, 0.05) is 18.7 Å². The molecule has 0 amide bonds. The lowest BCUT2D eigenvalue weighted by Crippen LogP contribution is -2.36. The molecule has 0 aliphatic rings. The smallest absolute Gasteiger partial charge is 0.318 e. The number of hydrogen-bond donors (Lipinski definition) is 1. The fourth-order valence-corrected chi connectivity index (χ4v) is 3.75. The van der Waals surface area contributed by atoms with E-state index in [2.05, 4.69) is 0 Å². The molecular weight excluding hydrogens is 318 g/mol. The van der Waals surface area contributed by atoms with Crippen molar-refractivity contribution in [2.24, 2.45) is 0 Å². The van der Waals surface area contributed by atoms with E-state index in [4.69, 9.17) is 21.4 Å². The highest BCUT2D eigenvalue weighted by molar-refractivity contribution is 7.89. The number of nitrogens with zero attached hydrogens (tertiary/aromatic N) is 1. The zero-order valence-corrected chi connectivity index (χ0v) is 13.4. The second-order valence-electron chi connectivity index (χ2n) is 4.46. The summed E-state index contributed by atoms with van der Waals surface area (Å²) < 4.78 is 30.9. The Kier molecular flexibility index (Phi) is 6.60. The Balaban J connectivity index is 3.23. The molecule has 8 heteroatoms. The number of aliphatic carboxylic acids is 1. The van der Waals surface area contributed by atoms with E-state index in [9.17, 15) is 13.2 Å². The Morgan fingerprint density at radius 1 is 1.38 bits per heavy atom. The third-order valence-corrected chi connectivity index (χ3v) is 4.71. The fourth-order valence-electron chi connectivity index (χ4n) is 1.85. The third kappa shape index (κ3) is 4.96. The molecule has 0 unspecified atom stereocenters. The van der Waals surface area contributed by atoms with Crippen molar-refractivity contribution in [2.45, 2.75) is 24.8 Å². The van der Waals surface area contributed by atoms with E-state index in [0.717, 1.165) is 4.31 Å². The molecule has 0 saturated carbocycles. The highest BCUT2D eigenvalue weighted by Crippen LogP contribution is 2.23. The second kappa shape index (κ2) is 7.74. The Morgan fingerprint density at radius 2 is 2.05 bits per heavy atom. The molecule has 0 saturated heterocycles. The van der Waals surface area contributed by atoms with Crippen molar-refractivity contribution in [1.82, 2.24) is 4.31 Å². The lowest BCUT2D eigenvalue weighted by atomic mass is 10.2. The van der Waals surface area contributed by atoms with Crippen molar-refractivity contribution in [3.63, 3.8) is 0 Å². The first-order valence-electron chi connectivity index (χ1n) is 6.31. The first-order chi connectivity index (χ1) is 9.81. The number of hydrogen-bond acceptors (Lipinski definition) is 4. The average molecular weight is 336 g/mol. The number of methoxy groups -OCH3 is 1. The number of rotatable bonds is 8. The van der Waals surface area contributed by atoms with E-state index in [0.29, 0.717) is 12.0 Å². The number of carboxylic acids is 1. The molecule has 1 rings (SSSR count). The zero-order valence-electron chi connectivity index (χ0n) is 11.9. The van der Waals surface area contributed by atoms with Crippen molar-refractivity contribution in [2.75, 3.05) is 20.2 Å². The highest BCUT2D eigenvalue weighted by atomic mass is 35.5. The van der Waals surface area contributed by atoms with Gasteiger partial charge >= 0.3 is 5.97 Å². The van der Waals surface area contributed by atoms with Gasteiger partial charge in [-0.2, -0.15) is 4.31 Å². The van der Waals surface area contributed by atoms with Gasteiger partial charge in [-0.05, 0) is 30.2 Å². The van der Waals surface area contributed by atoms with Gasteiger partial charge in [-0.3, -0.25) is 4.79 Å². The van der Waals surface area contributed by atoms with Crippen LogP contribution in [0.25, 0.3) is 0 Å². The van der Waals surface area contributed by atoms with Crippen LogP contribution in [0.5, 0.6) is 0 Å². The molecule has 1 N–H and O–H groups in total. The van der Waals surface area contributed by atoms with Gasteiger partial charge in [-0.15, -0.1) is 0 Å². The molecule has 0 radical (unpaired) electrons. The molecule has 0 fully saturated rings. The van der Waals surface area contributed by atoms with Crippen LogP contribution in [0.3, 0.4) is 0 Å². The maximum absolute atomic E-state index is 12.5. The standard InChI is InChI=1S/C13H18ClNO5S/c1-3-4-15(8-13(16)17)21(18,19)12-6-10(9-20-2)5-11(14)7-12/h5-7H,3-4,8-9H2,1-2H3,(H,16,17). The number of carboxylic acid groups (broad SMARTS) is 1. The third-order valence-electron chi connectivity index (χ3n) is 2.66.